The van der Waals surface area contributed by atoms with Gasteiger partial charge in [-0.1, -0.05) is 0 Å². The molecule has 1 aromatic carbocycles. The minimum atomic E-state index is 0.421. The molecule has 128 valence electrons. The molecule has 0 saturated carbocycles. The molecule has 0 unspecified atom stereocenters. The van der Waals surface area contributed by atoms with Gasteiger partial charge in [-0.05, 0) is 12.1 Å². The molecule has 2 heterocycles. The van der Waals surface area contributed by atoms with Crippen LogP contribution in [0.1, 0.15) is 11.1 Å². The molecule has 0 saturated heterocycles. The fourth-order valence-corrected chi connectivity index (χ4v) is 2.54. The summed E-state index contributed by atoms with van der Waals surface area (Å²) in [7, 11) is 4.74. The van der Waals surface area contributed by atoms with Crippen molar-refractivity contribution < 1.29 is 14.2 Å². The number of nitrogens with one attached hydrogen (secondary N) is 1. The summed E-state index contributed by atoms with van der Waals surface area (Å²) in [6.45, 7) is 0.461. The van der Waals surface area contributed by atoms with E-state index in [1.807, 2.05) is 18.2 Å². The molecule has 0 aliphatic rings. The molecule has 0 fully saturated rings. The number of ether oxygens (including phenoxy) is 3. The summed E-state index contributed by atoms with van der Waals surface area (Å²) in [6, 6.07) is 7.69. The standard InChI is InChI=1S/C17H17N5O3/c1-23-13-5-4-11(14(6-13)24-2)8-19-17-16(25-3)15-12(7-18)9-21-22(15)10-20-17/h4-6,9-10,19H,8H2,1-3H3. The van der Waals surface area contributed by atoms with E-state index in [-0.39, 0.29) is 0 Å². The predicted molar refractivity (Wildman–Crippen MR) is 91.1 cm³/mol. The Morgan fingerprint density at radius 3 is 2.72 bits per heavy atom. The topological polar surface area (TPSA) is 93.7 Å². The van der Waals surface area contributed by atoms with Crippen LogP contribution in [0.4, 0.5) is 5.82 Å². The maximum absolute atomic E-state index is 9.23. The molecule has 0 radical (unpaired) electrons. The average Bonchev–Trinajstić information content (AvgIpc) is 3.08. The predicted octanol–water partition coefficient (Wildman–Crippen LogP) is 2.24. The number of nitriles is 1. The van der Waals surface area contributed by atoms with Crippen LogP contribution in [0, 0.1) is 11.3 Å². The number of anilines is 1. The summed E-state index contributed by atoms with van der Waals surface area (Å²) in [5, 5.41) is 16.5. The Labute approximate surface area is 144 Å². The zero-order valence-electron chi connectivity index (χ0n) is 14.1. The first kappa shape index (κ1) is 16.4. The Morgan fingerprint density at radius 2 is 2.04 bits per heavy atom. The van der Waals surface area contributed by atoms with Crippen LogP contribution in [0.15, 0.2) is 30.7 Å². The molecule has 0 amide bonds. The van der Waals surface area contributed by atoms with E-state index in [1.54, 1.807) is 14.2 Å². The van der Waals surface area contributed by atoms with Gasteiger partial charge in [-0.25, -0.2) is 9.50 Å². The highest BCUT2D eigenvalue weighted by Crippen LogP contribution is 2.31. The van der Waals surface area contributed by atoms with Crippen molar-refractivity contribution in [3.8, 4) is 23.3 Å². The SMILES string of the molecule is COc1ccc(CNc2ncn3ncc(C#N)c3c2OC)c(OC)c1. The maximum Gasteiger partial charge on any atom is 0.188 e. The molecule has 25 heavy (non-hydrogen) atoms. The van der Waals surface area contributed by atoms with Crippen LogP contribution in [0.25, 0.3) is 5.52 Å². The van der Waals surface area contributed by atoms with Gasteiger partial charge in [0.25, 0.3) is 0 Å². The second-order valence-electron chi connectivity index (χ2n) is 5.12. The summed E-state index contributed by atoms with van der Waals surface area (Å²) in [6.07, 6.45) is 3.02. The Hall–Kier alpha value is -3.47. The Morgan fingerprint density at radius 1 is 1.20 bits per heavy atom. The van der Waals surface area contributed by atoms with Gasteiger partial charge in [0.15, 0.2) is 11.6 Å². The summed E-state index contributed by atoms with van der Waals surface area (Å²) in [5.74, 6) is 2.40. The lowest BCUT2D eigenvalue weighted by molar-refractivity contribution is 0.391. The van der Waals surface area contributed by atoms with Crippen LogP contribution in [0.5, 0.6) is 17.2 Å². The molecule has 8 nitrogen and oxygen atoms in total. The van der Waals surface area contributed by atoms with Crippen molar-refractivity contribution >= 4 is 11.3 Å². The van der Waals surface area contributed by atoms with Crippen molar-refractivity contribution in [2.24, 2.45) is 0 Å². The highest BCUT2D eigenvalue weighted by atomic mass is 16.5. The normalized spacial score (nSPS) is 10.3. The molecule has 2 aromatic heterocycles. The fourth-order valence-electron chi connectivity index (χ4n) is 2.54. The maximum atomic E-state index is 9.23. The van der Waals surface area contributed by atoms with Gasteiger partial charge in [-0.3, -0.25) is 0 Å². The van der Waals surface area contributed by atoms with E-state index >= 15 is 0 Å². The number of hydrogen-bond acceptors (Lipinski definition) is 7. The van der Waals surface area contributed by atoms with Gasteiger partial charge in [-0.15, -0.1) is 0 Å². The number of rotatable bonds is 6. The van der Waals surface area contributed by atoms with Crippen molar-refractivity contribution in [1.29, 1.82) is 5.26 Å². The van der Waals surface area contributed by atoms with Gasteiger partial charge >= 0.3 is 0 Å². The van der Waals surface area contributed by atoms with Crippen LogP contribution in [0.2, 0.25) is 0 Å². The molecular formula is C17H17N5O3. The largest absolute Gasteiger partial charge is 0.497 e. The van der Waals surface area contributed by atoms with Gasteiger partial charge in [0.1, 0.15) is 35.0 Å². The summed E-state index contributed by atoms with van der Waals surface area (Å²) in [4.78, 5) is 4.32. The zero-order valence-corrected chi connectivity index (χ0v) is 14.1. The fraction of sp³-hybridized carbons (Fsp3) is 0.235. The first-order valence-corrected chi connectivity index (χ1v) is 7.47. The summed E-state index contributed by atoms with van der Waals surface area (Å²) < 4.78 is 17.6. The molecule has 0 aliphatic heterocycles. The van der Waals surface area contributed by atoms with Crippen LogP contribution >= 0.6 is 0 Å². The minimum absolute atomic E-state index is 0.421. The monoisotopic (exact) mass is 339 g/mol. The van der Waals surface area contributed by atoms with Gasteiger partial charge in [0, 0.05) is 18.2 Å². The third-order valence-electron chi connectivity index (χ3n) is 3.79. The quantitative estimate of drug-likeness (QED) is 0.736. The lowest BCUT2D eigenvalue weighted by Crippen LogP contribution is -2.07. The number of hydrogen-bond donors (Lipinski definition) is 1. The van der Waals surface area contributed by atoms with Gasteiger partial charge < -0.3 is 19.5 Å². The van der Waals surface area contributed by atoms with Crippen LogP contribution in [-0.2, 0) is 6.54 Å². The van der Waals surface area contributed by atoms with Gasteiger partial charge in [-0.2, -0.15) is 10.4 Å². The van der Waals surface area contributed by atoms with Crippen molar-refractivity contribution in [1.82, 2.24) is 14.6 Å². The third-order valence-corrected chi connectivity index (χ3v) is 3.79. The first-order chi connectivity index (χ1) is 12.2. The van der Waals surface area contributed by atoms with E-state index in [4.69, 9.17) is 14.2 Å². The Bertz CT molecular complexity index is 945. The van der Waals surface area contributed by atoms with Crippen molar-refractivity contribution in [3.05, 3.63) is 41.9 Å². The molecule has 0 spiro atoms. The number of benzene rings is 1. The molecule has 3 aromatic rings. The second kappa shape index (κ2) is 6.97. The second-order valence-corrected chi connectivity index (χ2v) is 5.12. The van der Waals surface area contributed by atoms with Crippen LogP contribution in [0.3, 0.4) is 0 Å². The molecule has 0 atom stereocenters. The van der Waals surface area contributed by atoms with E-state index in [1.165, 1.54) is 24.1 Å². The highest BCUT2D eigenvalue weighted by Gasteiger charge is 2.16. The minimum Gasteiger partial charge on any atom is -0.497 e. The first-order valence-electron chi connectivity index (χ1n) is 7.47. The Balaban J connectivity index is 1.93. The third kappa shape index (κ3) is 2.99. The average molecular weight is 339 g/mol. The van der Waals surface area contributed by atoms with Crippen LogP contribution < -0.4 is 19.5 Å². The lowest BCUT2D eigenvalue weighted by atomic mass is 10.2. The highest BCUT2D eigenvalue weighted by molar-refractivity contribution is 5.76. The van der Waals surface area contributed by atoms with Crippen molar-refractivity contribution in [2.75, 3.05) is 26.6 Å². The van der Waals surface area contributed by atoms with Crippen LogP contribution in [-0.4, -0.2) is 35.9 Å². The van der Waals surface area contributed by atoms with E-state index in [0.717, 1.165) is 11.3 Å². The molecule has 1 N–H and O–H groups in total. The number of fused-ring (bicyclic) bond motifs is 1. The number of methoxy groups -OCH3 is 3. The van der Waals surface area contributed by atoms with E-state index in [2.05, 4.69) is 21.5 Å². The molecule has 8 heteroatoms. The smallest absolute Gasteiger partial charge is 0.188 e. The molecule has 0 bridgehead atoms. The molecule has 0 aliphatic carbocycles. The van der Waals surface area contributed by atoms with E-state index < -0.39 is 0 Å². The van der Waals surface area contributed by atoms with Gasteiger partial charge in [0.2, 0.25) is 0 Å². The Kier molecular flexibility index (Phi) is 4.57. The van der Waals surface area contributed by atoms with E-state index in [9.17, 15) is 5.26 Å². The number of nitrogens with zero attached hydrogens (tertiary/aromatic N) is 4. The summed E-state index contributed by atoms with van der Waals surface area (Å²) in [5.41, 5.74) is 1.93. The van der Waals surface area contributed by atoms with Gasteiger partial charge in [0.05, 0.1) is 27.5 Å². The summed E-state index contributed by atoms with van der Waals surface area (Å²) >= 11 is 0. The van der Waals surface area contributed by atoms with Crippen molar-refractivity contribution in [3.63, 3.8) is 0 Å². The molecular weight excluding hydrogens is 322 g/mol. The molecule has 3 rings (SSSR count). The van der Waals surface area contributed by atoms with E-state index in [0.29, 0.717) is 34.9 Å². The zero-order chi connectivity index (χ0) is 17.8. The lowest BCUT2D eigenvalue weighted by Gasteiger charge is -2.14. The van der Waals surface area contributed by atoms with Crippen molar-refractivity contribution in [2.45, 2.75) is 6.54 Å². The number of aromatic nitrogens is 3.